The van der Waals surface area contributed by atoms with Crippen LogP contribution in [0.2, 0.25) is 0 Å². The molecular formula is C12H21N5O3S. The van der Waals surface area contributed by atoms with Gasteiger partial charge in [-0.15, -0.1) is 0 Å². The van der Waals surface area contributed by atoms with E-state index in [2.05, 4.69) is 20.6 Å². The van der Waals surface area contributed by atoms with E-state index >= 15 is 0 Å². The maximum Gasteiger partial charge on any atom is 0.272 e. The number of carbonyl (C=O) groups excluding carboxylic acids is 1. The molecule has 9 heteroatoms. The first-order valence-corrected chi connectivity index (χ1v) is 8.35. The van der Waals surface area contributed by atoms with Crippen molar-refractivity contribution in [1.82, 2.24) is 15.3 Å². The molecule has 0 aliphatic heterocycles. The maximum atomic E-state index is 12.1. The number of hydrogen-bond acceptors (Lipinski definition) is 6. The Balaban J connectivity index is 2.91. The lowest BCUT2D eigenvalue weighted by atomic mass is 10.2. The Morgan fingerprint density at radius 1 is 1.43 bits per heavy atom. The molecule has 0 aromatic carbocycles. The lowest BCUT2D eigenvalue weighted by molar-refractivity contribution is 0.0951. The largest absolute Gasteiger partial charge is 0.382 e. The van der Waals surface area contributed by atoms with Gasteiger partial charge in [-0.25, -0.2) is 23.5 Å². The van der Waals surface area contributed by atoms with E-state index in [0.717, 1.165) is 0 Å². The van der Waals surface area contributed by atoms with Gasteiger partial charge in [0.2, 0.25) is 10.0 Å². The van der Waals surface area contributed by atoms with Gasteiger partial charge >= 0.3 is 0 Å². The summed E-state index contributed by atoms with van der Waals surface area (Å²) in [6.07, 6.45) is 1.56. The van der Waals surface area contributed by atoms with E-state index < -0.39 is 15.9 Å². The van der Waals surface area contributed by atoms with Crippen LogP contribution in [0.5, 0.6) is 0 Å². The van der Waals surface area contributed by atoms with Gasteiger partial charge in [0.1, 0.15) is 5.82 Å². The Bertz CT molecular complexity index is 601. The summed E-state index contributed by atoms with van der Waals surface area (Å²) >= 11 is 0. The summed E-state index contributed by atoms with van der Waals surface area (Å²) in [6.45, 7) is 6.28. The predicted molar refractivity (Wildman–Crippen MR) is 80.6 cm³/mol. The van der Waals surface area contributed by atoms with Crippen molar-refractivity contribution in [3.8, 4) is 0 Å². The molecule has 4 N–H and O–H groups in total. The standard InChI is InChI=1S/C12H21N5O3S/c1-4-14-9-7-16-11(8(2)3)17-10(9)12(18)15-5-6-21(13,19)20/h7-8,14H,4-6H2,1-3H3,(H,15,18)(H2,13,19,20). The van der Waals surface area contributed by atoms with E-state index in [1.165, 1.54) is 0 Å². The first kappa shape index (κ1) is 17.3. The normalized spacial score (nSPS) is 11.5. The Morgan fingerprint density at radius 2 is 2.10 bits per heavy atom. The minimum absolute atomic E-state index is 0.0652. The number of anilines is 1. The summed E-state index contributed by atoms with van der Waals surface area (Å²) < 4.78 is 21.7. The van der Waals surface area contributed by atoms with Crippen molar-refractivity contribution in [3.05, 3.63) is 17.7 Å². The van der Waals surface area contributed by atoms with Crippen LogP contribution in [0.4, 0.5) is 5.69 Å². The number of amides is 1. The molecule has 1 rings (SSSR count). The average molecular weight is 315 g/mol. The first-order chi connectivity index (χ1) is 9.74. The number of nitrogens with zero attached hydrogens (tertiary/aromatic N) is 2. The Hall–Kier alpha value is -1.74. The molecule has 0 spiro atoms. The number of nitrogens with two attached hydrogens (primary N) is 1. The van der Waals surface area contributed by atoms with E-state index in [1.807, 2.05) is 20.8 Å². The van der Waals surface area contributed by atoms with Crippen LogP contribution < -0.4 is 15.8 Å². The van der Waals surface area contributed by atoms with Crippen LogP contribution in [0, 0.1) is 0 Å². The van der Waals surface area contributed by atoms with Gasteiger partial charge in [-0.3, -0.25) is 4.79 Å². The molecule has 21 heavy (non-hydrogen) atoms. The Labute approximate surface area is 124 Å². The molecule has 8 nitrogen and oxygen atoms in total. The molecule has 0 unspecified atom stereocenters. The molecule has 1 heterocycles. The van der Waals surface area contributed by atoms with Crippen LogP contribution in [-0.4, -0.2) is 43.1 Å². The van der Waals surface area contributed by atoms with Gasteiger partial charge in [0, 0.05) is 19.0 Å². The van der Waals surface area contributed by atoms with Gasteiger partial charge in [0.25, 0.3) is 5.91 Å². The molecule has 0 radical (unpaired) electrons. The summed E-state index contributed by atoms with van der Waals surface area (Å²) in [5, 5.41) is 10.4. The second-order valence-corrected chi connectivity index (χ2v) is 6.53. The van der Waals surface area contributed by atoms with Crippen LogP contribution in [-0.2, 0) is 10.0 Å². The number of aromatic nitrogens is 2. The minimum Gasteiger partial charge on any atom is -0.382 e. The molecule has 0 fully saturated rings. The third kappa shape index (κ3) is 5.64. The number of rotatable bonds is 7. The molecule has 0 aliphatic rings. The van der Waals surface area contributed by atoms with Crippen LogP contribution in [0.1, 0.15) is 43.0 Å². The predicted octanol–water partition coefficient (Wildman–Crippen LogP) is 0.0501. The molecule has 0 atom stereocenters. The summed E-state index contributed by atoms with van der Waals surface area (Å²) in [4.78, 5) is 20.6. The van der Waals surface area contributed by atoms with E-state index in [4.69, 9.17) is 5.14 Å². The van der Waals surface area contributed by atoms with Crippen LogP contribution in [0.15, 0.2) is 6.20 Å². The number of sulfonamides is 1. The van der Waals surface area contributed by atoms with Gasteiger partial charge in [0.05, 0.1) is 17.6 Å². The highest BCUT2D eigenvalue weighted by molar-refractivity contribution is 7.89. The zero-order chi connectivity index (χ0) is 16.0. The van der Waals surface area contributed by atoms with Gasteiger partial charge in [-0.1, -0.05) is 13.8 Å². The van der Waals surface area contributed by atoms with Crippen molar-refractivity contribution in [2.45, 2.75) is 26.7 Å². The van der Waals surface area contributed by atoms with Crippen molar-refractivity contribution >= 4 is 21.6 Å². The lowest BCUT2D eigenvalue weighted by Crippen LogP contribution is -2.32. The molecule has 0 saturated heterocycles. The molecule has 1 amide bonds. The average Bonchev–Trinajstić information content (AvgIpc) is 2.37. The highest BCUT2D eigenvalue weighted by Gasteiger charge is 2.16. The number of carbonyl (C=O) groups is 1. The van der Waals surface area contributed by atoms with Crippen molar-refractivity contribution < 1.29 is 13.2 Å². The number of nitrogens with one attached hydrogen (secondary N) is 2. The molecular weight excluding hydrogens is 294 g/mol. The fourth-order valence-corrected chi connectivity index (χ4v) is 1.94. The van der Waals surface area contributed by atoms with E-state index in [9.17, 15) is 13.2 Å². The highest BCUT2D eigenvalue weighted by Crippen LogP contribution is 2.16. The lowest BCUT2D eigenvalue weighted by Gasteiger charge is -2.12. The van der Waals surface area contributed by atoms with E-state index in [-0.39, 0.29) is 23.9 Å². The first-order valence-electron chi connectivity index (χ1n) is 6.64. The highest BCUT2D eigenvalue weighted by atomic mass is 32.2. The van der Waals surface area contributed by atoms with Crippen molar-refractivity contribution in [3.63, 3.8) is 0 Å². The summed E-state index contributed by atoms with van der Waals surface area (Å²) in [5.74, 6) is -0.152. The molecule has 118 valence electrons. The Morgan fingerprint density at radius 3 is 2.62 bits per heavy atom. The second-order valence-electron chi connectivity index (χ2n) is 4.80. The summed E-state index contributed by atoms with van der Waals surface area (Å²) in [7, 11) is -3.61. The molecule has 1 aromatic rings. The maximum absolute atomic E-state index is 12.1. The second kappa shape index (κ2) is 7.32. The van der Waals surface area contributed by atoms with Gasteiger partial charge in [-0.05, 0) is 6.92 Å². The number of hydrogen-bond donors (Lipinski definition) is 3. The van der Waals surface area contributed by atoms with Crippen molar-refractivity contribution in [2.24, 2.45) is 5.14 Å². The van der Waals surface area contributed by atoms with E-state index in [1.54, 1.807) is 6.20 Å². The smallest absolute Gasteiger partial charge is 0.272 e. The van der Waals surface area contributed by atoms with Crippen molar-refractivity contribution in [1.29, 1.82) is 0 Å². The number of primary sulfonamides is 1. The quantitative estimate of drug-likeness (QED) is 0.652. The summed E-state index contributed by atoms with van der Waals surface area (Å²) in [6, 6.07) is 0. The third-order valence-electron chi connectivity index (χ3n) is 2.58. The fourth-order valence-electron chi connectivity index (χ4n) is 1.56. The minimum atomic E-state index is -3.61. The van der Waals surface area contributed by atoms with Gasteiger partial charge in [0.15, 0.2) is 5.69 Å². The fraction of sp³-hybridized carbons (Fsp3) is 0.583. The monoisotopic (exact) mass is 315 g/mol. The molecule has 0 bridgehead atoms. The zero-order valence-corrected chi connectivity index (χ0v) is 13.2. The topological polar surface area (TPSA) is 127 Å². The van der Waals surface area contributed by atoms with Crippen LogP contribution in [0.25, 0.3) is 0 Å². The van der Waals surface area contributed by atoms with Gasteiger partial charge < -0.3 is 10.6 Å². The molecule has 1 aromatic heterocycles. The third-order valence-corrected chi connectivity index (χ3v) is 3.35. The van der Waals surface area contributed by atoms with E-state index in [0.29, 0.717) is 18.1 Å². The SMILES string of the molecule is CCNc1cnc(C(C)C)nc1C(=O)NCCS(N)(=O)=O. The molecule has 0 aliphatic carbocycles. The van der Waals surface area contributed by atoms with Crippen LogP contribution in [0.3, 0.4) is 0 Å². The van der Waals surface area contributed by atoms with Crippen molar-refractivity contribution in [2.75, 3.05) is 24.2 Å². The molecule has 0 saturated carbocycles. The zero-order valence-electron chi connectivity index (χ0n) is 12.4. The summed E-state index contributed by atoms with van der Waals surface area (Å²) in [5.41, 5.74) is 0.708. The van der Waals surface area contributed by atoms with Gasteiger partial charge in [-0.2, -0.15) is 0 Å². The van der Waals surface area contributed by atoms with Crippen LogP contribution >= 0.6 is 0 Å². The Kier molecular flexibility index (Phi) is 6.03.